The summed E-state index contributed by atoms with van der Waals surface area (Å²) in [6, 6.07) is 0. The van der Waals surface area contributed by atoms with E-state index in [0.717, 1.165) is 45.8 Å². The van der Waals surface area contributed by atoms with Crippen LogP contribution in [0.5, 0.6) is 0 Å². The SMILES string of the molecule is CCCn1cc(CNC(=O)c2nc(N(C)C)c3c(C)scc3n2)c(C)n1. The smallest absolute Gasteiger partial charge is 0.289 e. The summed E-state index contributed by atoms with van der Waals surface area (Å²) < 4.78 is 1.91. The van der Waals surface area contributed by atoms with Gasteiger partial charge in [-0.2, -0.15) is 5.10 Å². The number of thiophene rings is 1. The summed E-state index contributed by atoms with van der Waals surface area (Å²) >= 11 is 1.62. The second-order valence-corrected chi connectivity index (χ2v) is 7.59. The normalized spacial score (nSPS) is 11.1. The van der Waals surface area contributed by atoms with Crippen molar-refractivity contribution in [2.45, 2.75) is 40.3 Å². The third-order valence-corrected chi connectivity index (χ3v) is 5.08. The van der Waals surface area contributed by atoms with Crippen molar-refractivity contribution < 1.29 is 4.79 Å². The topological polar surface area (TPSA) is 75.9 Å². The first-order valence-corrected chi connectivity index (χ1v) is 9.53. The molecule has 0 bridgehead atoms. The van der Waals surface area contributed by atoms with Gasteiger partial charge in [-0.3, -0.25) is 9.48 Å². The number of carbonyl (C=O) groups excluding carboxylic acids is 1. The first-order chi connectivity index (χ1) is 12.4. The van der Waals surface area contributed by atoms with Gasteiger partial charge in [0.15, 0.2) is 0 Å². The number of amides is 1. The molecule has 26 heavy (non-hydrogen) atoms. The minimum atomic E-state index is -0.276. The van der Waals surface area contributed by atoms with Gasteiger partial charge in [-0.05, 0) is 20.3 Å². The van der Waals surface area contributed by atoms with E-state index in [-0.39, 0.29) is 11.7 Å². The summed E-state index contributed by atoms with van der Waals surface area (Å²) in [4.78, 5) is 24.6. The van der Waals surface area contributed by atoms with Gasteiger partial charge in [0.1, 0.15) is 5.82 Å². The van der Waals surface area contributed by atoms with E-state index in [1.165, 1.54) is 0 Å². The lowest BCUT2D eigenvalue weighted by atomic mass is 10.2. The molecule has 0 aliphatic carbocycles. The van der Waals surface area contributed by atoms with Crippen LogP contribution in [0.1, 0.15) is 40.1 Å². The van der Waals surface area contributed by atoms with Gasteiger partial charge in [0, 0.05) is 49.2 Å². The third kappa shape index (κ3) is 3.55. The molecule has 1 N–H and O–H groups in total. The molecule has 0 aromatic carbocycles. The van der Waals surface area contributed by atoms with Crippen LogP contribution in [0.4, 0.5) is 5.82 Å². The Kier molecular flexibility index (Phi) is 5.22. The van der Waals surface area contributed by atoms with E-state index < -0.39 is 0 Å². The van der Waals surface area contributed by atoms with Gasteiger partial charge in [0.05, 0.1) is 16.6 Å². The van der Waals surface area contributed by atoms with Crippen molar-refractivity contribution in [1.29, 1.82) is 0 Å². The van der Waals surface area contributed by atoms with Gasteiger partial charge in [0.2, 0.25) is 5.82 Å². The predicted molar refractivity (Wildman–Crippen MR) is 105 cm³/mol. The van der Waals surface area contributed by atoms with Crippen LogP contribution in [0.25, 0.3) is 10.9 Å². The van der Waals surface area contributed by atoms with Crippen LogP contribution in [0.2, 0.25) is 0 Å². The monoisotopic (exact) mass is 372 g/mol. The Balaban J connectivity index is 1.82. The molecule has 0 fully saturated rings. The van der Waals surface area contributed by atoms with Crippen LogP contribution in [-0.2, 0) is 13.1 Å². The Morgan fingerprint density at radius 3 is 2.77 bits per heavy atom. The van der Waals surface area contributed by atoms with Crippen LogP contribution in [0.3, 0.4) is 0 Å². The second-order valence-electron chi connectivity index (χ2n) is 6.50. The number of hydrogen-bond acceptors (Lipinski definition) is 6. The molecule has 0 atom stereocenters. The lowest BCUT2D eigenvalue weighted by molar-refractivity contribution is 0.0941. The fourth-order valence-electron chi connectivity index (χ4n) is 2.85. The average molecular weight is 372 g/mol. The van der Waals surface area contributed by atoms with Crippen LogP contribution in [-0.4, -0.2) is 39.8 Å². The van der Waals surface area contributed by atoms with Crippen molar-refractivity contribution in [3.8, 4) is 0 Å². The van der Waals surface area contributed by atoms with Crippen LogP contribution in [0.15, 0.2) is 11.6 Å². The highest BCUT2D eigenvalue weighted by atomic mass is 32.1. The van der Waals surface area contributed by atoms with Crippen molar-refractivity contribution in [1.82, 2.24) is 25.1 Å². The number of nitrogens with one attached hydrogen (secondary N) is 1. The molecular weight excluding hydrogens is 348 g/mol. The van der Waals surface area contributed by atoms with Crippen LogP contribution >= 0.6 is 11.3 Å². The Labute approximate surface area is 157 Å². The van der Waals surface area contributed by atoms with E-state index in [4.69, 9.17) is 0 Å². The van der Waals surface area contributed by atoms with Crippen LogP contribution < -0.4 is 10.2 Å². The molecule has 8 heteroatoms. The Bertz CT molecular complexity index is 943. The highest BCUT2D eigenvalue weighted by molar-refractivity contribution is 7.11. The Morgan fingerprint density at radius 1 is 1.31 bits per heavy atom. The van der Waals surface area contributed by atoms with Gasteiger partial charge in [0.25, 0.3) is 5.91 Å². The summed E-state index contributed by atoms with van der Waals surface area (Å²) in [5.74, 6) is 0.685. The standard InChI is InChI=1S/C18H24N6OS/c1-6-7-24-9-13(11(2)22-24)8-19-18(25)16-20-14-10-26-12(3)15(14)17(21-16)23(4)5/h9-10H,6-8H2,1-5H3,(H,19,25). The molecule has 7 nitrogen and oxygen atoms in total. The van der Waals surface area contributed by atoms with Crippen molar-refractivity contribution in [3.05, 3.63) is 33.5 Å². The summed E-state index contributed by atoms with van der Waals surface area (Å²) in [5, 5.41) is 10.4. The highest BCUT2D eigenvalue weighted by Crippen LogP contribution is 2.30. The maximum absolute atomic E-state index is 12.6. The number of anilines is 1. The molecule has 3 aromatic heterocycles. The molecule has 0 aliphatic rings. The highest BCUT2D eigenvalue weighted by Gasteiger charge is 2.18. The predicted octanol–water partition coefficient (Wildman–Crippen LogP) is 2.91. The van der Waals surface area contributed by atoms with Crippen molar-refractivity contribution in [2.24, 2.45) is 0 Å². The first kappa shape index (κ1) is 18.3. The number of nitrogens with zero attached hydrogens (tertiary/aromatic N) is 5. The maximum Gasteiger partial charge on any atom is 0.289 e. The van der Waals surface area contributed by atoms with Crippen molar-refractivity contribution >= 4 is 34.0 Å². The second kappa shape index (κ2) is 7.41. The molecular formula is C18H24N6OS. The Morgan fingerprint density at radius 2 is 2.08 bits per heavy atom. The summed E-state index contributed by atoms with van der Waals surface area (Å²) in [5.41, 5.74) is 2.74. The Hall–Kier alpha value is -2.48. The van der Waals surface area contributed by atoms with E-state index >= 15 is 0 Å². The fraction of sp³-hybridized carbons (Fsp3) is 0.444. The molecule has 0 saturated heterocycles. The van der Waals surface area contributed by atoms with Gasteiger partial charge >= 0.3 is 0 Å². The molecule has 3 rings (SSSR count). The van der Waals surface area contributed by atoms with E-state index in [1.807, 2.05) is 49.1 Å². The maximum atomic E-state index is 12.6. The lowest BCUT2D eigenvalue weighted by Crippen LogP contribution is -2.26. The molecule has 0 unspecified atom stereocenters. The van der Waals surface area contributed by atoms with E-state index in [1.54, 1.807) is 11.3 Å². The molecule has 0 saturated carbocycles. The summed E-state index contributed by atoms with van der Waals surface area (Å²) in [6.45, 7) is 7.39. The van der Waals surface area contributed by atoms with E-state index in [9.17, 15) is 4.79 Å². The molecule has 1 amide bonds. The first-order valence-electron chi connectivity index (χ1n) is 8.65. The third-order valence-electron chi connectivity index (χ3n) is 4.18. The quantitative estimate of drug-likeness (QED) is 0.720. The summed E-state index contributed by atoms with van der Waals surface area (Å²) in [7, 11) is 3.85. The molecule has 0 spiro atoms. The number of fused-ring (bicyclic) bond motifs is 1. The van der Waals surface area contributed by atoms with Crippen molar-refractivity contribution in [3.63, 3.8) is 0 Å². The summed E-state index contributed by atoms with van der Waals surface area (Å²) in [6.07, 6.45) is 3.00. The van der Waals surface area contributed by atoms with E-state index in [2.05, 4.69) is 27.3 Å². The van der Waals surface area contributed by atoms with Crippen LogP contribution in [0, 0.1) is 13.8 Å². The molecule has 3 heterocycles. The van der Waals surface area contributed by atoms with Gasteiger partial charge < -0.3 is 10.2 Å². The number of rotatable bonds is 6. The van der Waals surface area contributed by atoms with Gasteiger partial charge in [-0.15, -0.1) is 11.3 Å². The average Bonchev–Trinajstić information content (AvgIpc) is 3.15. The van der Waals surface area contributed by atoms with Crippen molar-refractivity contribution in [2.75, 3.05) is 19.0 Å². The lowest BCUT2D eigenvalue weighted by Gasteiger charge is -2.14. The van der Waals surface area contributed by atoms with E-state index in [0.29, 0.717) is 6.54 Å². The minimum absolute atomic E-state index is 0.192. The molecule has 3 aromatic rings. The fourth-order valence-corrected chi connectivity index (χ4v) is 3.62. The zero-order chi connectivity index (χ0) is 18.8. The van der Waals surface area contributed by atoms with Gasteiger partial charge in [-0.1, -0.05) is 6.92 Å². The largest absolute Gasteiger partial charge is 0.362 e. The number of hydrogen-bond donors (Lipinski definition) is 1. The zero-order valence-electron chi connectivity index (χ0n) is 15.8. The number of aryl methyl sites for hydroxylation is 3. The molecule has 138 valence electrons. The number of carbonyl (C=O) groups is 1. The molecule has 0 radical (unpaired) electrons. The minimum Gasteiger partial charge on any atom is -0.362 e. The number of aromatic nitrogens is 4. The zero-order valence-corrected chi connectivity index (χ0v) is 16.6. The van der Waals surface area contributed by atoms with Gasteiger partial charge in [-0.25, -0.2) is 9.97 Å². The molecule has 0 aliphatic heterocycles.